The lowest BCUT2D eigenvalue weighted by Gasteiger charge is -2.28. The molecule has 1 atom stereocenters. The SMILES string of the molecule is C[C@@H](C(=O)Nc1ccc(Br)c(Cl)c1)N(c1ccc(Oc2ccccc2)cc1)S(C)(=O)=O. The van der Waals surface area contributed by atoms with Crippen LogP contribution < -0.4 is 14.4 Å². The van der Waals surface area contributed by atoms with E-state index in [4.69, 9.17) is 16.3 Å². The van der Waals surface area contributed by atoms with Crippen LogP contribution >= 0.6 is 27.5 Å². The maximum atomic E-state index is 12.8. The Labute approximate surface area is 195 Å². The van der Waals surface area contributed by atoms with Gasteiger partial charge in [-0.05, 0) is 77.5 Å². The van der Waals surface area contributed by atoms with Crippen LogP contribution in [0.5, 0.6) is 11.5 Å². The molecule has 1 N–H and O–H groups in total. The first-order valence-corrected chi connectivity index (χ1v) is 12.3. The normalized spacial score (nSPS) is 12.1. The molecule has 0 saturated heterocycles. The number of anilines is 2. The maximum absolute atomic E-state index is 12.8. The topological polar surface area (TPSA) is 75.7 Å². The lowest BCUT2D eigenvalue weighted by atomic mass is 10.2. The van der Waals surface area contributed by atoms with Gasteiger partial charge in [-0.3, -0.25) is 9.10 Å². The second-order valence-electron chi connectivity index (χ2n) is 6.76. The number of carbonyl (C=O) groups excluding carboxylic acids is 1. The van der Waals surface area contributed by atoms with E-state index in [2.05, 4.69) is 21.2 Å². The van der Waals surface area contributed by atoms with Crippen molar-refractivity contribution < 1.29 is 17.9 Å². The molecule has 0 unspecified atom stereocenters. The van der Waals surface area contributed by atoms with Crippen LogP contribution in [-0.2, 0) is 14.8 Å². The highest BCUT2D eigenvalue weighted by molar-refractivity contribution is 9.10. The van der Waals surface area contributed by atoms with Crippen molar-refractivity contribution in [2.75, 3.05) is 15.9 Å². The minimum Gasteiger partial charge on any atom is -0.457 e. The molecule has 31 heavy (non-hydrogen) atoms. The minimum atomic E-state index is -3.74. The molecule has 0 aliphatic heterocycles. The summed E-state index contributed by atoms with van der Waals surface area (Å²) < 4.78 is 32.5. The van der Waals surface area contributed by atoms with E-state index < -0.39 is 22.0 Å². The Balaban J connectivity index is 1.80. The fourth-order valence-corrected chi connectivity index (χ4v) is 4.52. The number of hydrogen-bond donors (Lipinski definition) is 1. The summed E-state index contributed by atoms with van der Waals surface area (Å²) in [6.07, 6.45) is 1.06. The maximum Gasteiger partial charge on any atom is 0.247 e. The van der Waals surface area contributed by atoms with Gasteiger partial charge in [-0.1, -0.05) is 29.8 Å². The van der Waals surface area contributed by atoms with Gasteiger partial charge in [-0.2, -0.15) is 0 Å². The van der Waals surface area contributed by atoms with Crippen molar-refractivity contribution in [1.82, 2.24) is 0 Å². The summed E-state index contributed by atoms with van der Waals surface area (Å²) in [6, 6.07) is 19.7. The highest BCUT2D eigenvalue weighted by atomic mass is 79.9. The summed E-state index contributed by atoms with van der Waals surface area (Å²) in [4.78, 5) is 12.8. The van der Waals surface area contributed by atoms with Gasteiger partial charge in [0, 0.05) is 10.2 Å². The van der Waals surface area contributed by atoms with Gasteiger partial charge >= 0.3 is 0 Å². The molecule has 3 aromatic carbocycles. The molecule has 0 bridgehead atoms. The van der Waals surface area contributed by atoms with Crippen molar-refractivity contribution in [3.8, 4) is 11.5 Å². The number of benzene rings is 3. The molecule has 9 heteroatoms. The van der Waals surface area contributed by atoms with Gasteiger partial charge in [0.1, 0.15) is 17.5 Å². The van der Waals surface area contributed by atoms with E-state index in [9.17, 15) is 13.2 Å². The number of ether oxygens (including phenoxy) is 1. The van der Waals surface area contributed by atoms with Crippen LogP contribution in [0.2, 0.25) is 5.02 Å². The summed E-state index contributed by atoms with van der Waals surface area (Å²) in [5.74, 6) is 0.717. The monoisotopic (exact) mass is 522 g/mol. The zero-order valence-corrected chi connectivity index (χ0v) is 19.9. The highest BCUT2D eigenvalue weighted by Crippen LogP contribution is 2.28. The second-order valence-corrected chi connectivity index (χ2v) is 9.88. The first kappa shape index (κ1) is 23.1. The van der Waals surface area contributed by atoms with Crippen LogP contribution in [0.25, 0.3) is 0 Å². The van der Waals surface area contributed by atoms with Gasteiger partial charge in [-0.15, -0.1) is 0 Å². The molecular weight excluding hydrogens is 504 g/mol. The van der Waals surface area contributed by atoms with Gasteiger partial charge in [0.05, 0.1) is 17.0 Å². The van der Waals surface area contributed by atoms with Crippen molar-refractivity contribution >= 4 is 54.8 Å². The van der Waals surface area contributed by atoms with E-state index >= 15 is 0 Å². The van der Waals surface area contributed by atoms with E-state index in [0.717, 1.165) is 10.6 Å². The molecule has 162 valence electrons. The lowest BCUT2D eigenvalue weighted by Crippen LogP contribution is -2.45. The molecule has 3 rings (SSSR count). The number of nitrogens with zero attached hydrogens (tertiary/aromatic N) is 1. The Bertz CT molecular complexity index is 1170. The van der Waals surface area contributed by atoms with Crippen molar-refractivity contribution in [1.29, 1.82) is 0 Å². The van der Waals surface area contributed by atoms with E-state index in [0.29, 0.717) is 32.4 Å². The van der Waals surface area contributed by atoms with Crippen LogP contribution in [0.15, 0.2) is 77.3 Å². The molecule has 6 nitrogen and oxygen atoms in total. The number of amides is 1. The third-order valence-electron chi connectivity index (χ3n) is 4.35. The second kappa shape index (κ2) is 9.72. The summed E-state index contributed by atoms with van der Waals surface area (Å²) in [5, 5.41) is 3.13. The summed E-state index contributed by atoms with van der Waals surface area (Å²) >= 11 is 9.35. The molecule has 0 aliphatic rings. The zero-order valence-electron chi connectivity index (χ0n) is 16.7. The third kappa shape index (κ3) is 6.00. The molecule has 0 aromatic heterocycles. The van der Waals surface area contributed by atoms with Gasteiger partial charge in [0.2, 0.25) is 15.9 Å². The number of carbonyl (C=O) groups is 1. The van der Waals surface area contributed by atoms with Gasteiger partial charge in [-0.25, -0.2) is 8.42 Å². The Kier molecular flexibility index (Phi) is 7.25. The van der Waals surface area contributed by atoms with Crippen LogP contribution in [0.3, 0.4) is 0 Å². The molecule has 0 radical (unpaired) electrons. The number of para-hydroxylation sites is 1. The molecule has 0 saturated carbocycles. The smallest absolute Gasteiger partial charge is 0.247 e. The molecule has 0 fully saturated rings. The van der Waals surface area contributed by atoms with Crippen molar-refractivity contribution in [2.24, 2.45) is 0 Å². The number of hydrogen-bond acceptors (Lipinski definition) is 4. The predicted octanol–water partition coefficient (Wildman–Crippen LogP) is 5.69. The van der Waals surface area contributed by atoms with Crippen LogP contribution in [0, 0.1) is 0 Å². The average Bonchev–Trinajstić information content (AvgIpc) is 2.72. The molecule has 0 aliphatic carbocycles. The largest absolute Gasteiger partial charge is 0.457 e. The molecule has 0 heterocycles. The van der Waals surface area contributed by atoms with E-state index in [1.807, 2.05) is 30.3 Å². The molecular formula is C22H20BrClN2O4S. The predicted molar refractivity (Wildman–Crippen MR) is 128 cm³/mol. The first-order chi connectivity index (χ1) is 14.6. The summed E-state index contributed by atoms with van der Waals surface area (Å²) in [6.45, 7) is 1.52. The quantitative estimate of drug-likeness (QED) is 0.432. The summed E-state index contributed by atoms with van der Waals surface area (Å²) in [5.41, 5.74) is 0.810. The van der Waals surface area contributed by atoms with Crippen LogP contribution in [-0.4, -0.2) is 26.6 Å². The molecule has 3 aromatic rings. The van der Waals surface area contributed by atoms with Crippen LogP contribution in [0.4, 0.5) is 11.4 Å². The molecule has 0 spiro atoms. The first-order valence-electron chi connectivity index (χ1n) is 9.23. The Morgan fingerprint density at radius 2 is 1.65 bits per heavy atom. The minimum absolute atomic E-state index is 0.347. The highest BCUT2D eigenvalue weighted by Gasteiger charge is 2.29. The standard InChI is InChI=1S/C22H20BrClN2O4S/c1-15(22(27)25-16-8-13-20(23)21(24)14-16)26(31(2,28)29)17-9-11-19(12-10-17)30-18-6-4-3-5-7-18/h3-15H,1-2H3,(H,25,27)/t15-/m0/s1. The number of rotatable bonds is 7. The Morgan fingerprint density at radius 3 is 2.23 bits per heavy atom. The van der Waals surface area contributed by atoms with Gasteiger partial charge < -0.3 is 10.1 Å². The fourth-order valence-electron chi connectivity index (χ4n) is 2.92. The molecule has 1 amide bonds. The number of sulfonamides is 1. The van der Waals surface area contributed by atoms with Crippen molar-refractivity contribution in [3.05, 3.63) is 82.3 Å². The van der Waals surface area contributed by atoms with E-state index in [1.165, 1.54) is 6.92 Å². The average molecular weight is 524 g/mol. The van der Waals surface area contributed by atoms with Crippen molar-refractivity contribution in [3.63, 3.8) is 0 Å². The Hall–Kier alpha value is -2.55. The van der Waals surface area contributed by atoms with E-state index in [-0.39, 0.29) is 0 Å². The van der Waals surface area contributed by atoms with E-state index in [1.54, 1.807) is 42.5 Å². The number of nitrogens with one attached hydrogen (secondary N) is 1. The van der Waals surface area contributed by atoms with Crippen molar-refractivity contribution in [2.45, 2.75) is 13.0 Å². The fraction of sp³-hybridized carbons (Fsp3) is 0.136. The zero-order chi connectivity index (χ0) is 22.6. The summed E-state index contributed by atoms with van der Waals surface area (Å²) in [7, 11) is -3.74. The number of halogens is 2. The van der Waals surface area contributed by atoms with Gasteiger partial charge in [0.25, 0.3) is 0 Å². The Morgan fingerprint density at radius 1 is 1.03 bits per heavy atom. The third-order valence-corrected chi connectivity index (χ3v) is 6.82. The lowest BCUT2D eigenvalue weighted by molar-refractivity contribution is -0.116. The van der Waals surface area contributed by atoms with Crippen LogP contribution in [0.1, 0.15) is 6.92 Å². The van der Waals surface area contributed by atoms with Gasteiger partial charge in [0.15, 0.2) is 0 Å².